The van der Waals surface area contributed by atoms with E-state index in [-0.39, 0.29) is 0 Å². The van der Waals surface area contributed by atoms with Crippen molar-refractivity contribution in [3.63, 3.8) is 0 Å². The van der Waals surface area contributed by atoms with Crippen molar-refractivity contribution in [2.75, 3.05) is 13.7 Å². The highest BCUT2D eigenvalue weighted by atomic mass is 79.9. The minimum atomic E-state index is 0.645. The molecule has 0 rings (SSSR count). The van der Waals surface area contributed by atoms with Crippen molar-refractivity contribution in [3.8, 4) is 0 Å². The summed E-state index contributed by atoms with van der Waals surface area (Å²) in [5.74, 6) is 0.699. The fourth-order valence-corrected chi connectivity index (χ4v) is 1.15. The average molecular weight is 209 g/mol. The van der Waals surface area contributed by atoms with Crippen LogP contribution in [0.4, 0.5) is 0 Å². The molecule has 0 aromatic rings. The molecule has 0 fully saturated rings. The zero-order valence-corrected chi connectivity index (χ0v) is 8.65. The van der Waals surface area contributed by atoms with Crippen LogP contribution in [0.2, 0.25) is 0 Å². The fourth-order valence-electron chi connectivity index (χ4n) is 0.882. The molecule has 2 heteroatoms. The van der Waals surface area contributed by atoms with E-state index in [0.29, 0.717) is 10.7 Å². The van der Waals surface area contributed by atoms with Crippen LogP contribution in [-0.2, 0) is 4.74 Å². The maximum absolute atomic E-state index is 5.02. The predicted molar refractivity (Wildman–Crippen MR) is 48.7 cm³/mol. The van der Waals surface area contributed by atoms with Gasteiger partial charge in [-0.1, -0.05) is 29.8 Å². The van der Waals surface area contributed by atoms with Crippen LogP contribution in [0.15, 0.2) is 0 Å². The Morgan fingerprint density at radius 1 is 1.30 bits per heavy atom. The molecule has 2 unspecified atom stereocenters. The van der Waals surface area contributed by atoms with E-state index in [4.69, 9.17) is 4.74 Å². The summed E-state index contributed by atoms with van der Waals surface area (Å²) in [6.45, 7) is 5.29. The first-order valence-corrected chi connectivity index (χ1v) is 4.71. The third-order valence-corrected chi connectivity index (χ3v) is 1.97. The van der Waals surface area contributed by atoms with E-state index in [0.717, 1.165) is 6.61 Å². The summed E-state index contributed by atoms with van der Waals surface area (Å²) in [5, 5.41) is 0. The zero-order valence-electron chi connectivity index (χ0n) is 7.06. The third kappa shape index (κ3) is 6.56. The van der Waals surface area contributed by atoms with Crippen molar-refractivity contribution in [2.45, 2.75) is 31.5 Å². The summed E-state index contributed by atoms with van der Waals surface area (Å²) in [6, 6.07) is 0. The molecule has 0 saturated carbocycles. The SMILES string of the molecule is COCC(C)CCC(C)Br. The Labute approximate surface area is 72.3 Å². The van der Waals surface area contributed by atoms with Crippen LogP contribution in [0.1, 0.15) is 26.7 Å². The quantitative estimate of drug-likeness (QED) is 0.632. The lowest BCUT2D eigenvalue weighted by atomic mass is 10.1. The van der Waals surface area contributed by atoms with Crippen molar-refractivity contribution in [1.82, 2.24) is 0 Å². The van der Waals surface area contributed by atoms with E-state index in [9.17, 15) is 0 Å². The van der Waals surface area contributed by atoms with Crippen molar-refractivity contribution in [1.29, 1.82) is 0 Å². The second-order valence-electron chi connectivity index (χ2n) is 2.92. The van der Waals surface area contributed by atoms with Gasteiger partial charge in [-0.3, -0.25) is 0 Å². The molecular formula is C8H17BrO. The Bertz CT molecular complexity index is 73.7. The zero-order chi connectivity index (χ0) is 7.98. The van der Waals surface area contributed by atoms with Gasteiger partial charge in [0.15, 0.2) is 0 Å². The first-order chi connectivity index (χ1) is 4.66. The lowest BCUT2D eigenvalue weighted by molar-refractivity contribution is 0.155. The van der Waals surface area contributed by atoms with E-state index >= 15 is 0 Å². The minimum absolute atomic E-state index is 0.645. The minimum Gasteiger partial charge on any atom is -0.384 e. The highest BCUT2D eigenvalue weighted by molar-refractivity contribution is 9.09. The standard InChI is InChI=1S/C8H17BrO/c1-7(6-10-3)4-5-8(2)9/h7-8H,4-6H2,1-3H3. The Balaban J connectivity index is 3.12. The molecule has 0 aromatic heterocycles. The van der Waals surface area contributed by atoms with E-state index in [1.54, 1.807) is 7.11 Å². The number of ether oxygens (including phenoxy) is 1. The smallest absolute Gasteiger partial charge is 0.0487 e. The summed E-state index contributed by atoms with van der Waals surface area (Å²) in [5.41, 5.74) is 0. The number of hydrogen-bond donors (Lipinski definition) is 0. The number of hydrogen-bond acceptors (Lipinski definition) is 1. The maximum atomic E-state index is 5.02. The van der Waals surface area contributed by atoms with Crippen molar-refractivity contribution in [2.24, 2.45) is 5.92 Å². The summed E-state index contributed by atoms with van der Waals surface area (Å²) in [6.07, 6.45) is 2.49. The van der Waals surface area contributed by atoms with Gasteiger partial charge in [0.05, 0.1) is 0 Å². The summed E-state index contributed by atoms with van der Waals surface area (Å²) in [4.78, 5) is 0.645. The molecule has 0 bridgehead atoms. The molecule has 0 amide bonds. The van der Waals surface area contributed by atoms with Gasteiger partial charge in [-0.05, 0) is 18.8 Å². The number of methoxy groups -OCH3 is 1. The van der Waals surface area contributed by atoms with Crippen molar-refractivity contribution < 1.29 is 4.74 Å². The maximum Gasteiger partial charge on any atom is 0.0487 e. The monoisotopic (exact) mass is 208 g/mol. The van der Waals surface area contributed by atoms with Gasteiger partial charge in [0.2, 0.25) is 0 Å². The first-order valence-electron chi connectivity index (χ1n) is 3.79. The number of rotatable bonds is 5. The molecule has 1 nitrogen and oxygen atoms in total. The van der Waals surface area contributed by atoms with E-state index in [1.165, 1.54) is 12.8 Å². The highest BCUT2D eigenvalue weighted by Gasteiger charge is 2.02. The molecule has 0 heterocycles. The molecule has 10 heavy (non-hydrogen) atoms. The lowest BCUT2D eigenvalue weighted by Crippen LogP contribution is -2.05. The van der Waals surface area contributed by atoms with Gasteiger partial charge in [0.25, 0.3) is 0 Å². The van der Waals surface area contributed by atoms with Crippen LogP contribution < -0.4 is 0 Å². The Hall–Kier alpha value is 0.440. The van der Waals surface area contributed by atoms with Crippen molar-refractivity contribution in [3.05, 3.63) is 0 Å². The Kier molecular flexibility index (Phi) is 6.44. The normalized spacial score (nSPS) is 16.8. The van der Waals surface area contributed by atoms with Gasteiger partial charge < -0.3 is 4.74 Å². The van der Waals surface area contributed by atoms with Gasteiger partial charge in [-0.25, -0.2) is 0 Å². The first kappa shape index (κ1) is 10.4. The third-order valence-electron chi connectivity index (χ3n) is 1.51. The molecule has 0 aliphatic heterocycles. The van der Waals surface area contributed by atoms with Crippen LogP contribution in [0, 0.1) is 5.92 Å². The fraction of sp³-hybridized carbons (Fsp3) is 1.00. The molecule has 0 aliphatic carbocycles. The Morgan fingerprint density at radius 3 is 2.30 bits per heavy atom. The molecule has 0 radical (unpaired) electrons. The van der Waals surface area contributed by atoms with Crippen LogP contribution in [0.5, 0.6) is 0 Å². The van der Waals surface area contributed by atoms with E-state index in [1.807, 2.05) is 0 Å². The van der Waals surface area contributed by atoms with Gasteiger partial charge in [-0.15, -0.1) is 0 Å². The molecule has 2 atom stereocenters. The van der Waals surface area contributed by atoms with Gasteiger partial charge >= 0.3 is 0 Å². The summed E-state index contributed by atoms with van der Waals surface area (Å²) >= 11 is 3.51. The molecular weight excluding hydrogens is 192 g/mol. The topological polar surface area (TPSA) is 9.23 Å². The molecule has 0 saturated heterocycles. The van der Waals surface area contributed by atoms with Gasteiger partial charge in [-0.2, -0.15) is 0 Å². The second-order valence-corrected chi connectivity index (χ2v) is 4.48. The van der Waals surface area contributed by atoms with Crippen LogP contribution in [0.3, 0.4) is 0 Å². The van der Waals surface area contributed by atoms with Crippen LogP contribution >= 0.6 is 15.9 Å². The van der Waals surface area contributed by atoms with Crippen molar-refractivity contribution >= 4 is 15.9 Å². The average Bonchev–Trinajstić information content (AvgIpc) is 1.85. The Morgan fingerprint density at radius 2 is 1.90 bits per heavy atom. The molecule has 0 aliphatic rings. The largest absolute Gasteiger partial charge is 0.384 e. The molecule has 0 aromatic carbocycles. The lowest BCUT2D eigenvalue weighted by Gasteiger charge is -2.10. The summed E-state index contributed by atoms with van der Waals surface area (Å²) < 4.78 is 5.02. The van der Waals surface area contributed by atoms with E-state index in [2.05, 4.69) is 29.8 Å². The summed E-state index contributed by atoms with van der Waals surface area (Å²) in [7, 11) is 1.76. The number of halogens is 1. The van der Waals surface area contributed by atoms with Gasteiger partial charge in [0.1, 0.15) is 0 Å². The second kappa shape index (κ2) is 6.17. The van der Waals surface area contributed by atoms with Gasteiger partial charge in [0, 0.05) is 18.5 Å². The molecule has 0 N–H and O–H groups in total. The van der Waals surface area contributed by atoms with Crippen LogP contribution in [0.25, 0.3) is 0 Å². The van der Waals surface area contributed by atoms with Crippen LogP contribution in [-0.4, -0.2) is 18.5 Å². The molecule has 0 spiro atoms. The number of alkyl halides is 1. The van der Waals surface area contributed by atoms with E-state index < -0.39 is 0 Å². The predicted octanol–water partition coefficient (Wildman–Crippen LogP) is 2.83. The molecule has 62 valence electrons. The highest BCUT2D eigenvalue weighted by Crippen LogP contribution is 2.12.